The Balaban J connectivity index is 3.27. The lowest BCUT2D eigenvalue weighted by molar-refractivity contribution is 0.313. The van der Waals surface area contributed by atoms with E-state index in [0.717, 1.165) is 11.1 Å². The van der Waals surface area contributed by atoms with E-state index in [1.165, 1.54) is 7.11 Å². The van der Waals surface area contributed by atoms with Gasteiger partial charge in [0.15, 0.2) is 17.3 Å². The minimum Gasteiger partial charge on any atom is -0.493 e. The van der Waals surface area contributed by atoms with Crippen molar-refractivity contribution in [2.24, 2.45) is 0 Å². The molecule has 4 heteroatoms. The van der Waals surface area contributed by atoms with Crippen LogP contribution >= 0.6 is 0 Å². The summed E-state index contributed by atoms with van der Waals surface area (Å²) in [5, 5.41) is 8.81. The third-order valence-corrected chi connectivity index (χ3v) is 2.39. The highest BCUT2D eigenvalue weighted by Crippen LogP contribution is 2.31. The quantitative estimate of drug-likeness (QED) is 0.592. The number of ether oxygens (including phenoxy) is 3. The van der Waals surface area contributed by atoms with Gasteiger partial charge in [-0.15, -0.1) is 0 Å². The van der Waals surface area contributed by atoms with E-state index >= 15 is 0 Å². The van der Waals surface area contributed by atoms with E-state index in [-0.39, 0.29) is 5.76 Å². The van der Waals surface area contributed by atoms with Crippen LogP contribution in [0.1, 0.15) is 11.1 Å². The summed E-state index contributed by atoms with van der Waals surface area (Å²) >= 11 is 0. The number of hydrogen-bond donors (Lipinski definition) is 0. The van der Waals surface area contributed by atoms with Gasteiger partial charge in [-0.2, -0.15) is 5.26 Å². The van der Waals surface area contributed by atoms with Crippen molar-refractivity contribution < 1.29 is 14.2 Å². The summed E-state index contributed by atoms with van der Waals surface area (Å²) in [6.45, 7) is 1.93. The van der Waals surface area contributed by atoms with Gasteiger partial charge in [-0.3, -0.25) is 0 Å². The summed E-state index contributed by atoms with van der Waals surface area (Å²) in [6, 6.07) is 5.63. The lowest BCUT2D eigenvalue weighted by Crippen LogP contribution is -1.94. The van der Waals surface area contributed by atoms with Crippen LogP contribution in [0.4, 0.5) is 0 Å². The van der Waals surface area contributed by atoms with E-state index in [1.54, 1.807) is 20.3 Å². The second-order valence-electron chi connectivity index (χ2n) is 3.39. The van der Waals surface area contributed by atoms with Gasteiger partial charge in [0.05, 0.1) is 21.3 Å². The molecular formula is C13H15NO3. The van der Waals surface area contributed by atoms with Gasteiger partial charge in [0.1, 0.15) is 6.07 Å². The van der Waals surface area contributed by atoms with Gasteiger partial charge in [0.2, 0.25) is 0 Å². The van der Waals surface area contributed by atoms with Crippen molar-refractivity contribution in [3.8, 4) is 17.6 Å². The van der Waals surface area contributed by atoms with Crippen molar-refractivity contribution >= 4 is 6.08 Å². The second kappa shape index (κ2) is 5.80. The first-order chi connectivity index (χ1) is 8.15. The Labute approximate surface area is 101 Å². The maximum atomic E-state index is 8.81. The fourth-order valence-electron chi connectivity index (χ4n) is 1.43. The molecule has 0 aliphatic heterocycles. The Bertz CT molecular complexity index is 472. The van der Waals surface area contributed by atoms with Crippen LogP contribution in [-0.4, -0.2) is 21.3 Å². The molecule has 0 atom stereocenters. The monoisotopic (exact) mass is 233 g/mol. The topological polar surface area (TPSA) is 51.5 Å². The highest BCUT2D eigenvalue weighted by atomic mass is 16.5. The Morgan fingerprint density at radius 1 is 1.18 bits per heavy atom. The number of nitriles is 1. The maximum absolute atomic E-state index is 8.81. The second-order valence-corrected chi connectivity index (χ2v) is 3.39. The molecule has 0 aliphatic carbocycles. The van der Waals surface area contributed by atoms with Gasteiger partial charge in [-0.25, -0.2) is 0 Å². The summed E-state index contributed by atoms with van der Waals surface area (Å²) < 4.78 is 15.3. The Hall–Kier alpha value is -2.15. The minimum absolute atomic E-state index is 0.250. The molecule has 0 spiro atoms. The van der Waals surface area contributed by atoms with Gasteiger partial charge in [0.25, 0.3) is 0 Å². The molecule has 4 nitrogen and oxygen atoms in total. The average Bonchev–Trinajstić information content (AvgIpc) is 2.36. The number of hydrogen-bond acceptors (Lipinski definition) is 4. The first-order valence-corrected chi connectivity index (χ1v) is 5.04. The number of methoxy groups -OCH3 is 3. The van der Waals surface area contributed by atoms with Gasteiger partial charge in [-0.05, 0) is 36.3 Å². The Morgan fingerprint density at radius 2 is 1.76 bits per heavy atom. The maximum Gasteiger partial charge on any atom is 0.197 e. The summed E-state index contributed by atoms with van der Waals surface area (Å²) in [4.78, 5) is 0. The highest BCUT2D eigenvalue weighted by molar-refractivity contribution is 5.62. The Kier molecular flexibility index (Phi) is 4.41. The van der Waals surface area contributed by atoms with Crippen molar-refractivity contribution in [3.05, 3.63) is 29.0 Å². The third-order valence-electron chi connectivity index (χ3n) is 2.39. The molecule has 0 saturated heterocycles. The molecule has 0 heterocycles. The summed E-state index contributed by atoms with van der Waals surface area (Å²) in [5.74, 6) is 1.54. The normalized spacial score (nSPS) is 10.6. The predicted molar refractivity (Wildman–Crippen MR) is 64.9 cm³/mol. The first-order valence-electron chi connectivity index (χ1n) is 5.04. The van der Waals surface area contributed by atoms with Crippen LogP contribution < -0.4 is 9.47 Å². The minimum atomic E-state index is 0.250. The standard InChI is InChI=1S/C13H15NO3/c1-9-5-12(16-3)13(17-4)7-10(9)6-11(8-14)15-2/h5-7H,1-4H3. The van der Waals surface area contributed by atoms with Crippen LogP contribution in [0.3, 0.4) is 0 Å². The largest absolute Gasteiger partial charge is 0.493 e. The van der Waals surface area contributed by atoms with Crippen molar-refractivity contribution in [2.45, 2.75) is 6.92 Å². The molecule has 0 radical (unpaired) electrons. The molecule has 0 unspecified atom stereocenters. The smallest absolute Gasteiger partial charge is 0.197 e. The lowest BCUT2D eigenvalue weighted by atomic mass is 10.1. The molecule has 17 heavy (non-hydrogen) atoms. The van der Waals surface area contributed by atoms with Crippen LogP contribution in [0.5, 0.6) is 11.5 Å². The summed E-state index contributed by atoms with van der Waals surface area (Å²) in [5.41, 5.74) is 1.84. The van der Waals surface area contributed by atoms with Crippen molar-refractivity contribution in [1.29, 1.82) is 5.26 Å². The van der Waals surface area contributed by atoms with E-state index in [9.17, 15) is 0 Å². The molecule has 0 bridgehead atoms. The van der Waals surface area contributed by atoms with E-state index in [0.29, 0.717) is 11.5 Å². The van der Waals surface area contributed by atoms with Crippen LogP contribution in [0.15, 0.2) is 17.9 Å². The zero-order valence-corrected chi connectivity index (χ0v) is 10.4. The fraction of sp³-hybridized carbons (Fsp3) is 0.308. The van der Waals surface area contributed by atoms with E-state index in [4.69, 9.17) is 19.5 Å². The molecule has 0 aliphatic rings. The van der Waals surface area contributed by atoms with Crippen molar-refractivity contribution in [3.63, 3.8) is 0 Å². The molecule has 90 valence electrons. The molecule has 0 fully saturated rings. The molecule has 0 aromatic heterocycles. The van der Waals surface area contributed by atoms with Crippen LogP contribution in [-0.2, 0) is 4.74 Å². The van der Waals surface area contributed by atoms with Crippen LogP contribution in [0.25, 0.3) is 6.08 Å². The first kappa shape index (κ1) is 12.9. The SMILES string of the molecule is COC(C#N)=Cc1cc(OC)c(OC)cc1C. The van der Waals surface area contributed by atoms with Crippen LogP contribution in [0, 0.1) is 18.3 Å². The predicted octanol–water partition coefficient (Wildman–Crippen LogP) is 2.52. The molecule has 1 aromatic carbocycles. The number of allylic oxidation sites excluding steroid dienone is 1. The zero-order valence-electron chi connectivity index (χ0n) is 10.4. The summed E-state index contributed by atoms with van der Waals surface area (Å²) in [7, 11) is 4.62. The number of benzene rings is 1. The molecule has 0 N–H and O–H groups in total. The molecule has 0 saturated carbocycles. The lowest BCUT2D eigenvalue weighted by Gasteiger charge is -2.10. The van der Waals surface area contributed by atoms with Gasteiger partial charge in [0, 0.05) is 0 Å². The van der Waals surface area contributed by atoms with Crippen molar-refractivity contribution in [1.82, 2.24) is 0 Å². The van der Waals surface area contributed by atoms with Crippen molar-refractivity contribution in [2.75, 3.05) is 21.3 Å². The molecular weight excluding hydrogens is 218 g/mol. The van der Waals surface area contributed by atoms with E-state index < -0.39 is 0 Å². The third kappa shape index (κ3) is 2.91. The van der Waals surface area contributed by atoms with E-state index in [2.05, 4.69) is 0 Å². The number of rotatable bonds is 4. The summed E-state index contributed by atoms with van der Waals surface area (Å²) in [6.07, 6.45) is 1.66. The number of aryl methyl sites for hydroxylation is 1. The molecule has 1 aromatic rings. The Morgan fingerprint density at radius 3 is 2.24 bits per heavy atom. The molecule has 0 amide bonds. The van der Waals surface area contributed by atoms with Gasteiger partial charge < -0.3 is 14.2 Å². The zero-order chi connectivity index (χ0) is 12.8. The van der Waals surface area contributed by atoms with Gasteiger partial charge >= 0.3 is 0 Å². The van der Waals surface area contributed by atoms with Crippen LogP contribution in [0.2, 0.25) is 0 Å². The fourth-order valence-corrected chi connectivity index (χ4v) is 1.43. The average molecular weight is 233 g/mol. The highest BCUT2D eigenvalue weighted by Gasteiger charge is 2.08. The molecule has 1 rings (SSSR count). The van der Waals surface area contributed by atoms with E-state index in [1.807, 2.05) is 25.1 Å². The van der Waals surface area contributed by atoms with Gasteiger partial charge in [-0.1, -0.05) is 0 Å². The number of nitrogens with zero attached hydrogens (tertiary/aromatic N) is 1.